The molecule has 0 bridgehead atoms. The molecular weight excluding hydrogens is 264 g/mol. The molecule has 0 heterocycles. The van der Waals surface area contributed by atoms with E-state index in [9.17, 15) is 0 Å². The number of methoxy groups -OCH3 is 1. The number of benzene rings is 1. The monoisotopic (exact) mass is 294 g/mol. The van der Waals surface area contributed by atoms with Gasteiger partial charge in [-0.3, -0.25) is 0 Å². The average Bonchev–Trinajstić information content (AvgIpc) is 2.49. The van der Waals surface area contributed by atoms with E-state index in [1.165, 1.54) is 16.8 Å². The van der Waals surface area contributed by atoms with Crippen LogP contribution in [0.2, 0.25) is 0 Å². The van der Waals surface area contributed by atoms with Crippen LogP contribution in [0.25, 0.3) is 0 Å². The Balaban J connectivity index is 2.58. The smallest absolute Gasteiger partial charge is 0.0641 e. The van der Waals surface area contributed by atoms with Gasteiger partial charge in [0.05, 0.1) is 13.2 Å². The molecular formula is C17H30N2O2. The molecule has 0 aliphatic carbocycles. The van der Waals surface area contributed by atoms with Crippen LogP contribution in [0.4, 0.5) is 5.69 Å². The number of likely N-dealkylation sites (N-methyl/N-ethyl adjacent to an activating group) is 1. The van der Waals surface area contributed by atoms with Crippen LogP contribution in [0, 0.1) is 6.92 Å². The van der Waals surface area contributed by atoms with Gasteiger partial charge in [-0.15, -0.1) is 0 Å². The van der Waals surface area contributed by atoms with Gasteiger partial charge in [0.1, 0.15) is 0 Å². The first kappa shape index (κ1) is 18.0. The highest BCUT2D eigenvalue weighted by Crippen LogP contribution is 2.19. The lowest BCUT2D eigenvalue weighted by molar-refractivity contribution is 0.154. The summed E-state index contributed by atoms with van der Waals surface area (Å²) >= 11 is 0. The predicted octanol–water partition coefficient (Wildman–Crippen LogP) is 2.59. The van der Waals surface area contributed by atoms with Gasteiger partial charge in [-0.05, 0) is 44.0 Å². The van der Waals surface area contributed by atoms with Gasteiger partial charge in [0.2, 0.25) is 0 Å². The van der Waals surface area contributed by atoms with Gasteiger partial charge in [-0.25, -0.2) is 0 Å². The molecule has 0 saturated heterocycles. The van der Waals surface area contributed by atoms with E-state index in [1.54, 1.807) is 7.11 Å². The maximum atomic E-state index is 5.45. The van der Waals surface area contributed by atoms with Crippen molar-refractivity contribution in [3.8, 4) is 0 Å². The summed E-state index contributed by atoms with van der Waals surface area (Å²) in [6, 6.07) is 6.69. The van der Waals surface area contributed by atoms with E-state index >= 15 is 0 Å². The highest BCUT2D eigenvalue weighted by Gasteiger charge is 2.06. The zero-order chi connectivity index (χ0) is 15.5. The van der Waals surface area contributed by atoms with Crippen molar-refractivity contribution in [1.29, 1.82) is 0 Å². The maximum Gasteiger partial charge on any atom is 0.0641 e. The Morgan fingerprint density at radius 2 is 2.00 bits per heavy atom. The first-order valence-electron chi connectivity index (χ1n) is 7.84. The number of ether oxygens (including phenoxy) is 2. The highest BCUT2D eigenvalue weighted by molar-refractivity contribution is 5.50. The molecule has 21 heavy (non-hydrogen) atoms. The van der Waals surface area contributed by atoms with Gasteiger partial charge in [0.15, 0.2) is 0 Å². The second-order valence-corrected chi connectivity index (χ2v) is 5.06. The molecule has 4 heteroatoms. The molecule has 1 aromatic carbocycles. The third kappa shape index (κ3) is 6.46. The van der Waals surface area contributed by atoms with E-state index in [0.29, 0.717) is 0 Å². The fraction of sp³-hybridized carbons (Fsp3) is 0.647. The van der Waals surface area contributed by atoms with Gasteiger partial charge in [-0.2, -0.15) is 0 Å². The normalized spacial score (nSPS) is 10.9. The van der Waals surface area contributed by atoms with Crippen molar-refractivity contribution in [1.82, 2.24) is 5.32 Å². The molecule has 0 saturated carbocycles. The number of hydrogen-bond donors (Lipinski definition) is 1. The number of anilines is 1. The third-order valence-corrected chi connectivity index (χ3v) is 3.58. The number of nitrogens with one attached hydrogen (secondary N) is 1. The van der Waals surface area contributed by atoms with Crippen LogP contribution in [-0.4, -0.2) is 46.6 Å². The lowest BCUT2D eigenvalue weighted by Crippen LogP contribution is -2.27. The largest absolute Gasteiger partial charge is 0.383 e. The molecule has 0 fully saturated rings. The predicted molar refractivity (Wildman–Crippen MR) is 89.1 cm³/mol. The highest BCUT2D eigenvalue weighted by atomic mass is 16.5. The Morgan fingerprint density at radius 3 is 2.62 bits per heavy atom. The van der Waals surface area contributed by atoms with Crippen LogP contribution >= 0.6 is 0 Å². The molecule has 1 rings (SSSR count). The van der Waals surface area contributed by atoms with Crippen molar-refractivity contribution in [2.24, 2.45) is 0 Å². The topological polar surface area (TPSA) is 33.7 Å². The Morgan fingerprint density at radius 1 is 1.19 bits per heavy atom. The molecule has 0 unspecified atom stereocenters. The molecule has 0 aliphatic heterocycles. The summed E-state index contributed by atoms with van der Waals surface area (Å²) in [6.45, 7) is 12.4. The molecule has 4 nitrogen and oxygen atoms in total. The standard InChI is InChI=1S/C17H30N2O2/c1-5-19(10-12-21-6-2)17-8-7-16(15(3)13-17)14-18-9-11-20-4/h7-8,13,18H,5-6,9-12,14H2,1-4H3. The molecule has 0 aromatic heterocycles. The minimum absolute atomic E-state index is 0.748. The van der Waals surface area contributed by atoms with Crippen LogP contribution in [-0.2, 0) is 16.0 Å². The van der Waals surface area contributed by atoms with E-state index in [1.807, 2.05) is 6.92 Å². The number of aryl methyl sites for hydroxylation is 1. The molecule has 0 spiro atoms. The summed E-state index contributed by atoms with van der Waals surface area (Å²) in [4.78, 5) is 2.35. The van der Waals surface area contributed by atoms with Crippen LogP contribution in [0.3, 0.4) is 0 Å². The first-order chi connectivity index (χ1) is 10.2. The fourth-order valence-corrected chi connectivity index (χ4v) is 2.26. The Labute approximate surface area is 129 Å². The SMILES string of the molecule is CCOCCN(CC)c1ccc(CNCCOC)c(C)c1. The van der Waals surface area contributed by atoms with Crippen LogP contribution in [0.1, 0.15) is 25.0 Å². The molecule has 1 N–H and O–H groups in total. The van der Waals surface area contributed by atoms with Crippen molar-refractivity contribution in [2.75, 3.05) is 51.5 Å². The minimum atomic E-state index is 0.748. The molecule has 1 aromatic rings. The van der Waals surface area contributed by atoms with Crippen LogP contribution in [0.15, 0.2) is 18.2 Å². The summed E-state index contributed by atoms with van der Waals surface area (Å²) in [5.74, 6) is 0. The number of rotatable bonds is 11. The van der Waals surface area contributed by atoms with Crippen molar-refractivity contribution in [2.45, 2.75) is 27.3 Å². The quantitative estimate of drug-likeness (QED) is 0.636. The van der Waals surface area contributed by atoms with Crippen LogP contribution < -0.4 is 10.2 Å². The van der Waals surface area contributed by atoms with E-state index < -0.39 is 0 Å². The molecule has 0 amide bonds. The fourth-order valence-electron chi connectivity index (χ4n) is 2.26. The summed E-state index contributed by atoms with van der Waals surface area (Å²) in [6.07, 6.45) is 0. The zero-order valence-electron chi connectivity index (χ0n) is 13.9. The summed E-state index contributed by atoms with van der Waals surface area (Å²) in [7, 11) is 1.73. The first-order valence-corrected chi connectivity index (χ1v) is 7.84. The average molecular weight is 294 g/mol. The minimum Gasteiger partial charge on any atom is -0.383 e. The van der Waals surface area contributed by atoms with Gasteiger partial charge in [0.25, 0.3) is 0 Å². The second kappa shape index (κ2) is 10.6. The van der Waals surface area contributed by atoms with E-state index in [-0.39, 0.29) is 0 Å². The number of hydrogen-bond acceptors (Lipinski definition) is 4. The molecule has 0 radical (unpaired) electrons. The summed E-state index contributed by atoms with van der Waals surface area (Å²) in [5, 5.41) is 3.39. The summed E-state index contributed by atoms with van der Waals surface area (Å²) in [5.41, 5.74) is 3.94. The van der Waals surface area contributed by atoms with Crippen molar-refractivity contribution >= 4 is 5.69 Å². The Bertz CT molecular complexity index is 396. The zero-order valence-corrected chi connectivity index (χ0v) is 13.9. The van der Waals surface area contributed by atoms with Gasteiger partial charge in [-0.1, -0.05) is 6.07 Å². The van der Waals surface area contributed by atoms with Gasteiger partial charge in [0, 0.05) is 45.6 Å². The third-order valence-electron chi connectivity index (χ3n) is 3.58. The lowest BCUT2D eigenvalue weighted by Gasteiger charge is -2.24. The second-order valence-electron chi connectivity index (χ2n) is 5.06. The van der Waals surface area contributed by atoms with Crippen molar-refractivity contribution in [3.05, 3.63) is 29.3 Å². The van der Waals surface area contributed by atoms with Gasteiger partial charge < -0.3 is 19.7 Å². The molecule has 0 aliphatic rings. The van der Waals surface area contributed by atoms with Crippen LogP contribution in [0.5, 0.6) is 0 Å². The van der Waals surface area contributed by atoms with E-state index in [4.69, 9.17) is 9.47 Å². The molecule has 0 atom stereocenters. The maximum absolute atomic E-state index is 5.45. The van der Waals surface area contributed by atoms with E-state index in [2.05, 4.69) is 42.3 Å². The summed E-state index contributed by atoms with van der Waals surface area (Å²) < 4.78 is 10.5. The Hall–Kier alpha value is -1.10. The van der Waals surface area contributed by atoms with Gasteiger partial charge >= 0.3 is 0 Å². The molecule has 120 valence electrons. The van der Waals surface area contributed by atoms with E-state index in [0.717, 1.165) is 46.0 Å². The van der Waals surface area contributed by atoms with Crippen molar-refractivity contribution < 1.29 is 9.47 Å². The number of nitrogens with zero attached hydrogens (tertiary/aromatic N) is 1. The van der Waals surface area contributed by atoms with Crippen molar-refractivity contribution in [3.63, 3.8) is 0 Å². The lowest BCUT2D eigenvalue weighted by atomic mass is 10.1. The Kier molecular flexibility index (Phi) is 9.06.